The van der Waals surface area contributed by atoms with E-state index in [1.807, 2.05) is 11.4 Å². The normalized spacial score (nSPS) is 15.9. The molecule has 2 aromatic rings. The smallest absolute Gasteiger partial charge is 0.272 e. The number of thiophene rings is 1. The van der Waals surface area contributed by atoms with Crippen molar-refractivity contribution in [1.29, 1.82) is 0 Å². The summed E-state index contributed by atoms with van der Waals surface area (Å²) < 4.78 is 0. The van der Waals surface area contributed by atoms with Gasteiger partial charge in [0.25, 0.3) is 11.6 Å². The van der Waals surface area contributed by atoms with E-state index in [2.05, 4.69) is 28.5 Å². The first kappa shape index (κ1) is 22.9. The van der Waals surface area contributed by atoms with E-state index in [1.165, 1.54) is 23.1 Å². The van der Waals surface area contributed by atoms with E-state index in [0.29, 0.717) is 12.1 Å². The molecule has 2 heterocycles. The molecule has 2 N–H and O–H groups in total. The lowest BCUT2D eigenvalue weighted by Gasteiger charge is -2.36. The van der Waals surface area contributed by atoms with E-state index in [0.717, 1.165) is 31.8 Å². The number of hydrogen-bond acceptors (Lipinski definition) is 6. The van der Waals surface area contributed by atoms with Gasteiger partial charge in [-0.05, 0) is 62.4 Å². The van der Waals surface area contributed by atoms with Gasteiger partial charge in [-0.1, -0.05) is 13.0 Å². The fourth-order valence-corrected chi connectivity index (χ4v) is 4.63. The molecule has 2 amide bonds. The quantitative estimate of drug-likeness (QED) is 0.480. The van der Waals surface area contributed by atoms with E-state index in [1.54, 1.807) is 18.3 Å². The molecule has 1 atom stereocenters. The number of piperidine rings is 1. The number of likely N-dealkylation sites (tertiary alicyclic amines) is 1. The number of nitrogens with zero attached hydrogens (tertiary/aromatic N) is 2. The van der Waals surface area contributed by atoms with Crippen molar-refractivity contribution in [3.05, 3.63) is 61.8 Å². The SMILES string of the molecule is Cc1cc(C(=O)NCC(=O)NCC(c2cccs2)N2CCC(C)CC2)ccc1[N+](=O)[O-]. The number of nitro benzene ring substituents is 1. The van der Waals surface area contributed by atoms with Crippen LogP contribution in [0.4, 0.5) is 5.69 Å². The van der Waals surface area contributed by atoms with Gasteiger partial charge in [-0.25, -0.2) is 0 Å². The second-order valence-corrected chi connectivity index (χ2v) is 8.97. The number of carbonyl (C=O) groups is 2. The van der Waals surface area contributed by atoms with Gasteiger partial charge in [-0.3, -0.25) is 24.6 Å². The third-order valence-electron chi connectivity index (χ3n) is 5.69. The van der Waals surface area contributed by atoms with E-state index >= 15 is 0 Å². The zero-order valence-corrected chi connectivity index (χ0v) is 18.6. The van der Waals surface area contributed by atoms with Crippen molar-refractivity contribution >= 4 is 28.8 Å². The van der Waals surface area contributed by atoms with Crippen LogP contribution in [0.15, 0.2) is 35.7 Å². The molecule has 0 radical (unpaired) electrons. The zero-order chi connectivity index (χ0) is 22.4. The Morgan fingerprint density at radius 1 is 1.26 bits per heavy atom. The van der Waals surface area contributed by atoms with Gasteiger partial charge in [0, 0.05) is 28.6 Å². The average Bonchev–Trinajstić information content (AvgIpc) is 3.27. The van der Waals surface area contributed by atoms with Crippen molar-refractivity contribution in [3.8, 4) is 0 Å². The van der Waals surface area contributed by atoms with Gasteiger partial charge in [0.15, 0.2) is 0 Å². The first-order chi connectivity index (χ1) is 14.8. The summed E-state index contributed by atoms with van der Waals surface area (Å²) in [5.41, 5.74) is 0.646. The standard InChI is InChI=1S/C22H28N4O4S/c1-15-7-9-25(10-8-15)19(20-4-3-11-31-20)13-23-21(27)14-24-22(28)17-5-6-18(26(29)30)16(2)12-17/h3-6,11-12,15,19H,7-10,13-14H2,1-2H3,(H,23,27)(H,24,28). The van der Waals surface area contributed by atoms with E-state index in [9.17, 15) is 19.7 Å². The van der Waals surface area contributed by atoms with E-state index < -0.39 is 10.8 Å². The average molecular weight is 445 g/mol. The fraction of sp³-hybridized carbons (Fsp3) is 0.455. The van der Waals surface area contributed by atoms with Crippen LogP contribution in [0.25, 0.3) is 0 Å². The molecule has 0 spiro atoms. The Bertz CT molecular complexity index is 924. The molecule has 3 rings (SSSR count). The highest BCUT2D eigenvalue weighted by Gasteiger charge is 2.25. The predicted octanol–water partition coefficient (Wildman–Crippen LogP) is 3.28. The van der Waals surface area contributed by atoms with Crippen LogP contribution in [-0.2, 0) is 4.79 Å². The molecule has 31 heavy (non-hydrogen) atoms. The molecule has 0 bridgehead atoms. The molecule has 166 valence electrons. The van der Waals surface area contributed by atoms with Gasteiger partial charge >= 0.3 is 0 Å². The maximum Gasteiger partial charge on any atom is 0.272 e. The van der Waals surface area contributed by atoms with Gasteiger partial charge in [0.05, 0.1) is 17.5 Å². The highest BCUT2D eigenvalue weighted by molar-refractivity contribution is 7.10. The van der Waals surface area contributed by atoms with Crippen molar-refractivity contribution in [2.75, 3.05) is 26.2 Å². The Labute approximate surface area is 185 Å². The maximum absolute atomic E-state index is 12.4. The minimum Gasteiger partial charge on any atom is -0.353 e. The number of benzene rings is 1. The van der Waals surface area contributed by atoms with Crippen LogP contribution in [0.2, 0.25) is 0 Å². The van der Waals surface area contributed by atoms with Crippen LogP contribution in [0.3, 0.4) is 0 Å². The van der Waals surface area contributed by atoms with E-state index in [-0.39, 0.29) is 29.7 Å². The van der Waals surface area contributed by atoms with Gasteiger partial charge in [0.1, 0.15) is 0 Å². The summed E-state index contributed by atoms with van der Waals surface area (Å²) in [5.74, 6) is 0.0278. The summed E-state index contributed by atoms with van der Waals surface area (Å²) in [5, 5.41) is 18.5. The summed E-state index contributed by atoms with van der Waals surface area (Å²) in [6.45, 7) is 6.21. The van der Waals surface area contributed by atoms with Gasteiger partial charge in [-0.2, -0.15) is 0 Å². The van der Waals surface area contributed by atoms with Crippen molar-refractivity contribution in [1.82, 2.24) is 15.5 Å². The fourth-order valence-electron chi connectivity index (χ4n) is 3.77. The number of nitrogens with one attached hydrogen (secondary N) is 2. The van der Waals surface area contributed by atoms with Crippen LogP contribution < -0.4 is 10.6 Å². The van der Waals surface area contributed by atoms with Gasteiger partial charge < -0.3 is 10.6 Å². The first-order valence-corrected chi connectivity index (χ1v) is 11.3. The van der Waals surface area contributed by atoms with Crippen LogP contribution >= 0.6 is 11.3 Å². The molecule has 1 aromatic carbocycles. The lowest BCUT2D eigenvalue weighted by atomic mass is 9.97. The molecule has 1 fully saturated rings. The highest BCUT2D eigenvalue weighted by Crippen LogP contribution is 2.29. The largest absolute Gasteiger partial charge is 0.353 e. The predicted molar refractivity (Wildman–Crippen MR) is 120 cm³/mol. The number of aryl methyl sites for hydroxylation is 1. The van der Waals surface area contributed by atoms with Gasteiger partial charge in [-0.15, -0.1) is 11.3 Å². The molecule has 1 aromatic heterocycles. The van der Waals surface area contributed by atoms with Crippen molar-refractivity contribution in [2.24, 2.45) is 5.92 Å². The second-order valence-electron chi connectivity index (χ2n) is 7.99. The third kappa shape index (κ3) is 6.11. The Hall–Kier alpha value is -2.78. The van der Waals surface area contributed by atoms with Crippen LogP contribution in [-0.4, -0.2) is 47.8 Å². The zero-order valence-electron chi connectivity index (χ0n) is 17.8. The molecule has 9 heteroatoms. The Kier molecular flexibility index (Phi) is 7.75. The molecule has 0 saturated carbocycles. The number of amides is 2. The second kappa shape index (κ2) is 10.5. The molecule has 1 aliphatic heterocycles. The van der Waals surface area contributed by atoms with Gasteiger partial charge in [0.2, 0.25) is 5.91 Å². The summed E-state index contributed by atoms with van der Waals surface area (Å²) in [6, 6.07) is 8.39. The lowest BCUT2D eigenvalue weighted by Crippen LogP contribution is -2.44. The Balaban J connectivity index is 1.53. The number of nitro groups is 1. The molecule has 1 unspecified atom stereocenters. The summed E-state index contributed by atoms with van der Waals surface area (Å²) in [6.07, 6.45) is 2.31. The summed E-state index contributed by atoms with van der Waals surface area (Å²) in [7, 11) is 0. The maximum atomic E-state index is 12.4. The number of rotatable bonds is 8. The third-order valence-corrected chi connectivity index (χ3v) is 6.66. The molecular weight excluding hydrogens is 416 g/mol. The molecule has 8 nitrogen and oxygen atoms in total. The number of carbonyl (C=O) groups excluding carboxylic acids is 2. The highest BCUT2D eigenvalue weighted by atomic mass is 32.1. The van der Waals surface area contributed by atoms with Crippen molar-refractivity contribution in [3.63, 3.8) is 0 Å². The Morgan fingerprint density at radius 2 is 2.00 bits per heavy atom. The minimum absolute atomic E-state index is 0.0407. The van der Waals surface area contributed by atoms with Crippen LogP contribution in [0.1, 0.15) is 46.6 Å². The summed E-state index contributed by atoms with van der Waals surface area (Å²) in [4.78, 5) is 38.8. The Morgan fingerprint density at radius 3 is 2.61 bits per heavy atom. The van der Waals surface area contributed by atoms with Crippen molar-refractivity contribution < 1.29 is 14.5 Å². The first-order valence-electron chi connectivity index (χ1n) is 10.4. The molecular formula is C22H28N4O4S. The van der Waals surface area contributed by atoms with Crippen molar-refractivity contribution in [2.45, 2.75) is 32.7 Å². The molecule has 0 aliphatic carbocycles. The minimum atomic E-state index is -0.489. The molecule has 1 aliphatic rings. The lowest BCUT2D eigenvalue weighted by molar-refractivity contribution is -0.385. The molecule has 1 saturated heterocycles. The van der Waals surface area contributed by atoms with Crippen LogP contribution in [0, 0.1) is 23.0 Å². The monoisotopic (exact) mass is 444 g/mol. The van der Waals surface area contributed by atoms with Crippen LogP contribution in [0.5, 0.6) is 0 Å². The summed E-state index contributed by atoms with van der Waals surface area (Å²) >= 11 is 1.69. The topological polar surface area (TPSA) is 105 Å². The van der Waals surface area contributed by atoms with E-state index in [4.69, 9.17) is 0 Å². The number of hydrogen-bond donors (Lipinski definition) is 2.